The first-order chi connectivity index (χ1) is 8.30. The van der Waals surface area contributed by atoms with Crippen LogP contribution in [0.5, 0.6) is 0 Å². The van der Waals surface area contributed by atoms with Crippen molar-refractivity contribution < 1.29 is 9.90 Å². The maximum atomic E-state index is 11.0. The summed E-state index contributed by atoms with van der Waals surface area (Å²) in [6, 6.07) is 0. The summed E-state index contributed by atoms with van der Waals surface area (Å²) in [6.07, 6.45) is 2.61. The molecule has 0 amide bonds. The van der Waals surface area contributed by atoms with Crippen molar-refractivity contribution in [1.29, 1.82) is 0 Å². The Morgan fingerprint density at radius 3 is 2.33 bits per heavy atom. The van der Waals surface area contributed by atoms with Crippen LogP contribution in [-0.4, -0.2) is 59.1 Å². The number of rotatable bonds is 6. The Hall–Kier alpha value is -0.610. The van der Waals surface area contributed by atoms with Gasteiger partial charge in [-0.1, -0.05) is 6.92 Å². The van der Waals surface area contributed by atoms with Crippen molar-refractivity contribution in [2.75, 3.05) is 32.7 Å². The number of aliphatic carboxylic acids is 1. The lowest BCUT2D eigenvalue weighted by Gasteiger charge is -2.37. The van der Waals surface area contributed by atoms with E-state index in [1.54, 1.807) is 6.92 Å². The average molecular weight is 256 g/mol. The summed E-state index contributed by atoms with van der Waals surface area (Å²) < 4.78 is 0. The van der Waals surface area contributed by atoms with Gasteiger partial charge in [0, 0.05) is 25.2 Å². The van der Waals surface area contributed by atoms with E-state index in [1.807, 2.05) is 0 Å². The molecule has 18 heavy (non-hydrogen) atoms. The molecule has 0 aliphatic carbocycles. The number of likely N-dealkylation sites (tertiary alicyclic amines) is 1. The zero-order valence-corrected chi connectivity index (χ0v) is 12.3. The third kappa shape index (κ3) is 4.94. The van der Waals surface area contributed by atoms with Gasteiger partial charge in [-0.05, 0) is 46.7 Å². The molecule has 0 saturated carbocycles. The topological polar surface area (TPSA) is 43.8 Å². The molecule has 1 atom stereocenters. The second kappa shape index (κ2) is 6.53. The fourth-order valence-corrected chi connectivity index (χ4v) is 2.38. The summed E-state index contributed by atoms with van der Waals surface area (Å²) >= 11 is 0. The van der Waals surface area contributed by atoms with Gasteiger partial charge in [0.15, 0.2) is 0 Å². The Morgan fingerprint density at radius 1 is 1.33 bits per heavy atom. The third-order valence-corrected chi connectivity index (χ3v) is 3.75. The summed E-state index contributed by atoms with van der Waals surface area (Å²) in [5.74, 6) is -1.01. The fraction of sp³-hybridized carbons (Fsp3) is 0.929. The quantitative estimate of drug-likeness (QED) is 0.788. The Bertz CT molecular complexity index is 267. The van der Waals surface area contributed by atoms with E-state index in [2.05, 4.69) is 30.6 Å². The zero-order valence-electron chi connectivity index (χ0n) is 12.3. The predicted octanol–water partition coefficient (Wildman–Crippen LogP) is 1.90. The van der Waals surface area contributed by atoms with Gasteiger partial charge < -0.3 is 10.0 Å². The van der Waals surface area contributed by atoms with Gasteiger partial charge >= 0.3 is 5.97 Å². The van der Waals surface area contributed by atoms with E-state index < -0.39 is 5.97 Å². The first-order valence-corrected chi connectivity index (χ1v) is 7.01. The summed E-state index contributed by atoms with van der Waals surface area (Å²) in [4.78, 5) is 15.8. The van der Waals surface area contributed by atoms with E-state index in [9.17, 15) is 4.79 Å². The van der Waals surface area contributed by atoms with E-state index in [0.29, 0.717) is 6.54 Å². The molecule has 4 nitrogen and oxygen atoms in total. The van der Waals surface area contributed by atoms with E-state index in [0.717, 1.165) is 13.1 Å². The summed E-state index contributed by atoms with van der Waals surface area (Å²) in [5, 5.41) is 9.04. The highest BCUT2D eigenvalue weighted by Gasteiger charge is 2.26. The van der Waals surface area contributed by atoms with Gasteiger partial charge in [0.25, 0.3) is 0 Å². The van der Waals surface area contributed by atoms with Crippen LogP contribution in [0.1, 0.15) is 40.5 Å². The minimum absolute atomic E-state index is 0.0312. The first kappa shape index (κ1) is 15.4. The number of carboxylic acids is 1. The van der Waals surface area contributed by atoms with E-state index >= 15 is 0 Å². The summed E-state index contributed by atoms with van der Waals surface area (Å²) in [5.41, 5.74) is 0.0312. The van der Waals surface area contributed by atoms with Gasteiger partial charge in [0.2, 0.25) is 0 Å². The highest BCUT2D eigenvalue weighted by molar-refractivity contribution is 5.69. The smallest absolute Gasteiger partial charge is 0.307 e. The van der Waals surface area contributed by atoms with Crippen LogP contribution in [0, 0.1) is 5.92 Å². The van der Waals surface area contributed by atoms with Gasteiger partial charge in [-0.25, -0.2) is 0 Å². The molecule has 1 aliphatic rings. The third-order valence-electron chi connectivity index (χ3n) is 3.75. The molecule has 1 heterocycles. The molecular weight excluding hydrogens is 228 g/mol. The van der Waals surface area contributed by atoms with E-state index in [1.165, 1.54) is 25.9 Å². The fourth-order valence-electron chi connectivity index (χ4n) is 2.38. The summed E-state index contributed by atoms with van der Waals surface area (Å²) in [7, 11) is 0. The van der Waals surface area contributed by atoms with Gasteiger partial charge in [0.1, 0.15) is 0 Å². The maximum absolute atomic E-state index is 11.0. The first-order valence-electron chi connectivity index (χ1n) is 7.01. The van der Waals surface area contributed by atoms with Crippen LogP contribution >= 0.6 is 0 Å². The predicted molar refractivity (Wildman–Crippen MR) is 73.8 cm³/mol. The molecule has 0 radical (unpaired) electrons. The van der Waals surface area contributed by atoms with Crippen LogP contribution in [0.15, 0.2) is 0 Å². The van der Waals surface area contributed by atoms with Gasteiger partial charge in [-0.15, -0.1) is 0 Å². The van der Waals surface area contributed by atoms with Crippen molar-refractivity contribution in [3.05, 3.63) is 0 Å². The minimum Gasteiger partial charge on any atom is -0.481 e. The number of hydrogen-bond acceptors (Lipinski definition) is 3. The molecule has 1 saturated heterocycles. The van der Waals surface area contributed by atoms with E-state index in [-0.39, 0.29) is 11.5 Å². The molecule has 4 heteroatoms. The number of hydrogen-bond donors (Lipinski definition) is 1. The highest BCUT2D eigenvalue weighted by Crippen LogP contribution is 2.16. The van der Waals surface area contributed by atoms with E-state index in [4.69, 9.17) is 5.11 Å². The molecule has 1 N–H and O–H groups in total. The van der Waals surface area contributed by atoms with Gasteiger partial charge in [-0.2, -0.15) is 0 Å². The minimum atomic E-state index is -0.703. The molecule has 1 rings (SSSR count). The average Bonchev–Trinajstić information content (AvgIpc) is 2.74. The van der Waals surface area contributed by atoms with Crippen LogP contribution in [0.4, 0.5) is 0 Å². The zero-order chi connectivity index (χ0) is 13.8. The van der Waals surface area contributed by atoms with Crippen molar-refractivity contribution in [2.24, 2.45) is 5.92 Å². The van der Waals surface area contributed by atoms with Crippen molar-refractivity contribution in [3.8, 4) is 0 Å². The van der Waals surface area contributed by atoms with Crippen LogP contribution in [0.25, 0.3) is 0 Å². The maximum Gasteiger partial charge on any atom is 0.307 e. The molecule has 0 aromatic carbocycles. The highest BCUT2D eigenvalue weighted by atomic mass is 16.4. The van der Waals surface area contributed by atoms with Crippen LogP contribution in [0.2, 0.25) is 0 Å². The monoisotopic (exact) mass is 256 g/mol. The summed E-state index contributed by atoms with van der Waals surface area (Å²) in [6.45, 7) is 13.3. The Labute approximate surface area is 111 Å². The molecule has 1 unspecified atom stereocenters. The normalized spacial score (nSPS) is 19.4. The molecular formula is C14H28N2O2. The lowest BCUT2D eigenvalue weighted by atomic mass is 10.0. The van der Waals surface area contributed by atoms with Gasteiger partial charge in [0.05, 0.1) is 5.92 Å². The number of carbonyl (C=O) groups is 1. The number of carboxylic acid groups (broad SMARTS) is 1. The lowest BCUT2D eigenvalue weighted by molar-refractivity contribution is -0.142. The van der Waals surface area contributed by atoms with Crippen LogP contribution < -0.4 is 0 Å². The standard InChI is InChI=1S/C14H28N2O2/c1-12(13(17)18)11-16(14(2,3)4)10-9-15-7-5-6-8-15/h12H,5-11H2,1-4H3,(H,17,18). The molecule has 0 aromatic rings. The number of nitrogens with zero attached hydrogens (tertiary/aromatic N) is 2. The lowest BCUT2D eigenvalue weighted by Crippen LogP contribution is -2.48. The molecule has 0 bridgehead atoms. The van der Waals surface area contributed by atoms with Gasteiger partial charge in [-0.3, -0.25) is 9.69 Å². The van der Waals surface area contributed by atoms with Crippen LogP contribution in [0.3, 0.4) is 0 Å². The van der Waals surface area contributed by atoms with Crippen molar-refractivity contribution >= 4 is 5.97 Å². The Morgan fingerprint density at radius 2 is 1.89 bits per heavy atom. The Balaban J connectivity index is 2.47. The van der Waals surface area contributed by atoms with Crippen molar-refractivity contribution in [2.45, 2.75) is 46.1 Å². The second-order valence-electron chi connectivity index (χ2n) is 6.40. The van der Waals surface area contributed by atoms with Crippen molar-refractivity contribution in [3.63, 3.8) is 0 Å². The molecule has 0 spiro atoms. The molecule has 106 valence electrons. The molecule has 1 aliphatic heterocycles. The Kier molecular flexibility index (Phi) is 5.60. The second-order valence-corrected chi connectivity index (χ2v) is 6.40. The van der Waals surface area contributed by atoms with Crippen LogP contribution in [-0.2, 0) is 4.79 Å². The molecule has 0 aromatic heterocycles. The largest absolute Gasteiger partial charge is 0.481 e. The SMILES string of the molecule is CC(CN(CCN1CCCC1)C(C)(C)C)C(=O)O. The molecule has 1 fully saturated rings. The van der Waals surface area contributed by atoms with Crippen molar-refractivity contribution in [1.82, 2.24) is 9.80 Å².